The predicted octanol–water partition coefficient (Wildman–Crippen LogP) is 1.63. The third-order valence-electron chi connectivity index (χ3n) is 4.66. The first kappa shape index (κ1) is 19.8. The molecular weight excluding hydrogens is 384 g/mol. The molecule has 0 radical (unpaired) electrons. The Morgan fingerprint density at radius 1 is 1.07 bits per heavy atom. The molecule has 0 saturated carbocycles. The lowest BCUT2D eigenvalue weighted by Gasteiger charge is -2.34. The van der Waals surface area contributed by atoms with E-state index in [1.165, 1.54) is 21.3 Å². The molecule has 1 heterocycles. The minimum atomic E-state index is -3.63. The topological polar surface area (TPSA) is 127 Å². The number of hydrogen-bond donors (Lipinski definition) is 1. The SMILES string of the molecule is Cc1ccc(S(=O)(=O)N2CCN(C(=O)c3ccc(N)c([N+](=O)[O-])c3)CC2)cc1. The van der Waals surface area contributed by atoms with Gasteiger partial charge in [0.2, 0.25) is 10.0 Å². The van der Waals surface area contributed by atoms with Gasteiger partial charge in [0.05, 0.1) is 9.82 Å². The van der Waals surface area contributed by atoms with E-state index >= 15 is 0 Å². The summed E-state index contributed by atoms with van der Waals surface area (Å²) >= 11 is 0. The van der Waals surface area contributed by atoms with Gasteiger partial charge in [-0.3, -0.25) is 14.9 Å². The van der Waals surface area contributed by atoms with Crippen molar-refractivity contribution >= 4 is 27.3 Å². The number of rotatable bonds is 4. The van der Waals surface area contributed by atoms with Gasteiger partial charge in [0, 0.05) is 37.8 Å². The smallest absolute Gasteiger partial charge is 0.292 e. The summed E-state index contributed by atoms with van der Waals surface area (Å²) < 4.78 is 26.8. The molecule has 0 aromatic heterocycles. The highest BCUT2D eigenvalue weighted by Crippen LogP contribution is 2.24. The molecule has 2 aromatic carbocycles. The number of hydrogen-bond acceptors (Lipinski definition) is 6. The van der Waals surface area contributed by atoms with Crippen molar-refractivity contribution in [3.8, 4) is 0 Å². The lowest BCUT2D eigenvalue weighted by molar-refractivity contribution is -0.383. The van der Waals surface area contributed by atoms with Crippen molar-refractivity contribution in [3.05, 3.63) is 63.7 Å². The number of piperazine rings is 1. The van der Waals surface area contributed by atoms with Gasteiger partial charge in [-0.15, -0.1) is 0 Å². The van der Waals surface area contributed by atoms with Crippen molar-refractivity contribution in [3.63, 3.8) is 0 Å². The zero-order valence-corrected chi connectivity index (χ0v) is 16.1. The third-order valence-corrected chi connectivity index (χ3v) is 6.57. The molecule has 0 spiro atoms. The second kappa shape index (κ2) is 7.56. The van der Waals surface area contributed by atoms with Crippen LogP contribution in [0.2, 0.25) is 0 Å². The highest BCUT2D eigenvalue weighted by atomic mass is 32.2. The van der Waals surface area contributed by atoms with Crippen LogP contribution in [0.5, 0.6) is 0 Å². The quantitative estimate of drug-likeness (QED) is 0.469. The van der Waals surface area contributed by atoms with E-state index in [0.717, 1.165) is 11.6 Å². The summed E-state index contributed by atoms with van der Waals surface area (Å²) in [6.07, 6.45) is 0. The number of nitrogens with zero attached hydrogens (tertiary/aromatic N) is 3. The van der Waals surface area contributed by atoms with Crippen molar-refractivity contribution < 1.29 is 18.1 Å². The lowest BCUT2D eigenvalue weighted by Crippen LogP contribution is -2.50. The van der Waals surface area contributed by atoms with Crippen LogP contribution in [-0.2, 0) is 10.0 Å². The van der Waals surface area contributed by atoms with E-state index in [1.54, 1.807) is 24.3 Å². The standard InChI is InChI=1S/C18H20N4O5S/c1-13-2-5-15(6-3-13)28(26,27)21-10-8-20(9-11-21)18(23)14-4-7-16(19)17(12-14)22(24)25/h2-7,12H,8-11,19H2,1H3. The molecule has 2 aromatic rings. The van der Waals surface area contributed by atoms with Gasteiger partial charge in [-0.2, -0.15) is 4.31 Å². The number of nitrogen functional groups attached to an aromatic ring is 1. The van der Waals surface area contributed by atoms with E-state index in [2.05, 4.69) is 0 Å². The average molecular weight is 404 g/mol. The van der Waals surface area contributed by atoms with Gasteiger partial charge >= 0.3 is 0 Å². The minimum absolute atomic E-state index is 0.0180. The Hall–Kier alpha value is -2.98. The summed E-state index contributed by atoms with van der Waals surface area (Å²) in [4.78, 5) is 24.7. The number of nitro benzene ring substituents is 1. The van der Waals surface area contributed by atoms with E-state index < -0.39 is 20.9 Å². The molecule has 28 heavy (non-hydrogen) atoms. The number of sulfonamides is 1. The van der Waals surface area contributed by atoms with Gasteiger partial charge in [-0.1, -0.05) is 17.7 Å². The molecule has 0 atom stereocenters. The highest BCUT2D eigenvalue weighted by molar-refractivity contribution is 7.89. The molecular formula is C18H20N4O5S. The molecule has 0 bridgehead atoms. The molecule has 1 amide bonds. The van der Waals surface area contributed by atoms with Crippen LogP contribution in [0.25, 0.3) is 0 Å². The van der Waals surface area contributed by atoms with Crippen molar-refractivity contribution in [2.24, 2.45) is 0 Å². The molecule has 2 N–H and O–H groups in total. The first-order chi connectivity index (χ1) is 13.2. The Kier molecular flexibility index (Phi) is 5.34. The van der Waals surface area contributed by atoms with Crippen LogP contribution in [0.1, 0.15) is 15.9 Å². The largest absolute Gasteiger partial charge is 0.393 e. The number of carbonyl (C=O) groups is 1. The molecule has 1 saturated heterocycles. The first-order valence-corrected chi connectivity index (χ1v) is 10.0. The van der Waals surface area contributed by atoms with E-state index in [1.807, 2.05) is 6.92 Å². The van der Waals surface area contributed by atoms with Gasteiger partial charge in [0.15, 0.2) is 0 Å². The van der Waals surface area contributed by atoms with Crippen LogP contribution >= 0.6 is 0 Å². The van der Waals surface area contributed by atoms with E-state index in [-0.39, 0.29) is 48.0 Å². The number of aryl methyl sites for hydroxylation is 1. The molecule has 10 heteroatoms. The van der Waals surface area contributed by atoms with E-state index in [9.17, 15) is 23.3 Å². The number of nitrogens with two attached hydrogens (primary N) is 1. The summed E-state index contributed by atoms with van der Waals surface area (Å²) in [6.45, 7) is 2.57. The average Bonchev–Trinajstić information content (AvgIpc) is 2.68. The Morgan fingerprint density at radius 2 is 1.68 bits per heavy atom. The summed E-state index contributed by atoms with van der Waals surface area (Å²) in [7, 11) is -3.63. The Balaban J connectivity index is 1.71. The van der Waals surface area contributed by atoms with Crippen LogP contribution in [0, 0.1) is 17.0 Å². The zero-order chi connectivity index (χ0) is 20.5. The second-order valence-corrected chi connectivity index (χ2v) is 8.48. The van der Waals surface area contributed by atoms with Crippen molar-refractivity contribution in [2.75, 3.05) is 31.9 Å². The Morgan fingerprint density at radius 3 is 2.25 bits per heavy atom. The Labute approximate surface area is 162 Å². The highest BCUT2D eigenvalue weighted by Gasteiger charge is 2.31. The van der Waals surface area contributed by atoms with Crippen LogP contribution in [-0.4, -0.2) is 54.6 Å². The maximum absolute atomic E-state index is 12.7. The third kappa shape index (κ3) is 3.82. The van der Waals surface area contributed by atoms with Crippen molar-refractivity contribution in [1.29, 1.82) is 0 Å². The van der Waals surface area contributed by atoms with E-state index in [0.29, 0.717) is 0 Å². The van der Waals surface area contributed by atoms with Crippen LogP contribution in [0.15, 0.2) is 47.4 Å². The predicted molar refractivity (Wildman–Crippen MR) is 103 cm³/mol. The molecule has 0 unspecified atom stereocenters. The summed E-state index contributed by atoms with van der Waals surface area (Å²) in [5.41, 5.74) is 6.33. The van der Waals surface area contributed by atoms with Gasteiger partial charge in [0.1, 0.15) is 5.69 Å². The number of amides is 1. The van der Waals surface area contributed by atoms with Crippen molar-refractivity contribution in [1.82, 2.24) is 9.21 Å². The molecule has 0 aliphatic carbocycles. The maximum atomic E-state index is 12.7. The van der Waals surface area contributed by atoms with E-state index in [4.69, 9.17) is 5.73 Å². The number of benzene rings is 2. The number of carbonyl (C=O) groups excluding carboxylic acids is 1. The van der Waals surface area contributed by atoms with Crippen molar-refractivity contribution in [2.45, 2.75) is 11.8 Å². The minimum Gasteiger partial charge on any atom is -0.393 e. The molecule has 1 aliphatic rings. The van der Waals surface area contributed by atoms with Gasteiger partial charge in [-0.05, 0) is 31.2 Å². The fraction of sp³-hybridized carbons (Fsp3) is 0.278. The van der Waals surface area contributed by atoms with Crippen LogP contribution in [0.4, 0.5) is 11.4 Å². The Bertz CT molecular complexity index is 1010. The summed E-state index contributed by atoms with van der Waals surface area (Å²) in [5.74, 6) is -0.393. The maximum Gasteiger partial charge on any atom is 0.292 e. The normalized spacial score (nSPS) is 15.4. The molecule has 1 aliphatic heterocycles. The number of nitro groups is 1. The first-order valence-electron chi connectivity index (χ1n) is 8.60. The lowest BCUT2D eigenvalue weighted by atomic mass is 10.1. The fourth-order valence-corrected chi connectivity index (χ4v) is 4.43. The zero-order valence-electron chi connectivity index (χ0n) is 15.2. The summed E-state index contributed by atoms with van der Waals surface area (Å²) in [6, 6.07) is 10.5. The van der Waals surface area contributed by atoms with Gasteiger partial charge in [0.25, 0.3) is 11.6 Å². The van der Waals surface area contributed by atoms with Gasteiger partial charge < -0.3 is 10.6 Å². The fourth-order valence-electron chi connectivity index (χ4n) is 3.01. The molecule has 3 rings (SSSR count). The second-order valence-electron chi connectivity index (χ2n) is 6.54. The van der Waals surface area contributed by atoms with Crippen LogP contribution < -0.4 is 5.73 Å². The monoisotopic (exact) mass is 404 g/mol. The molecule has 148 valence electrons. The van der Waals surface area contributed by atoms with Gasteiger partial charge in [-0.25, -0.2) is 8.42 Å². The summed E-state index contributed by atoms with van der Waals surface area (Å²) in [5, 5.41) is 11.0. The van der Waals surface area contributed by atoms with Crippen LogP contribution in [0.3, 0.4) is 0 Å². The molecule has 1 fully saturated rings. The number of anilines is 1. The molecule has 9 nitrogen and oxygen atoms in total.